The Balaban J connectivity index is 0.000000309. The standard InChI is InChI=1S/C13H12O5.C10H6O2.2N3/c14-10(8-4-2-1-3-5-8)9-6-7-13(17,18)12(16)11(9)15;11-9-5-6-10(12)8-4-2-1-3-7(8)9;2*1-3-2/h1-7,12,14,16-18H;1-6H;;/q;;2*-1. The van der Waals surface area contributed by atoms with Crippen LogP contribution in [0.4, 0.5) is 0 Å². The van der Waals surface area contributed by atoms with Crippen LogP contribution in [0.3, 0.4) is 0 Å². The monoisotopic (exact) mass is 490 g/mol. The van der Waals surface area contributed by atoms with E-state index < -0.39 is 17.7 Å². The molecule has 1 atom stereocenters. The Morgan fingerprint density at radius 3 is 1.61 bits per heavy atom. The number of ketones is 3. The lowest BCUT2D eigenvalue weighted by molar-refractivity contribution is -0.191. The van der Waals surface area contributed by atoms with Gasteiger partial charge in [-0.25, -0.2) is 0 Å². The van der Waals surface area contributed by atoms with Crippen LogP contribution < -0.4 is 0 Å². The van der Waals surface area contributed by atoms with E-state index in [-0.39, 0.29) is 22.9 Å². The summed E-state index contributed by atoms with van der Waals surface area (Å²) in [6.45, 7) is 0. The molecule has 0 aromatic heterocycles. The lowest BCUT2D eigenvalue weighted by Crippen LogP contribution is -2.48. The van der Waals surface area contributed by atoms with Gasteiger partial charge in [0.1, 0.15) is 5.76 Å². The molecule has 4 rings (SSSR count). The SMILES string of the molecule is O=C1C(=C(O)c2ccccc2)C=CC(O)(O)C1O.O=C1C=CC(=O)c2ccccc21.[N-]=[N+]=[N-].[N-]=[N+]=[N-]. The number of allylic oxidation sites excluding steroid dienone is 3. The van der Waals surface area contributed by atoms with Gasteiger partial charge < -0.3 is 42.6 Å². The number of carbonyl (C=O) groups excluding carboxylic acids is 3. The molecule has 0 bridgehead atoms. The normalized spacial score (nSPS) is 17.9. The molecule has 4 N–H and O–H groups in total. The Morgan fingerprint density at radius 1 is 0.750 bits per heavy atom. The minimum absolute atomic E-state index is 0.0924. The van der Waals surface area contributed by atoms with Crippen LogP contribution in [0, 0.1) is 0 Å². The van der Waals surface area contributed by atoms with Gasteiger partial charge in [-0.15, -0.1) is 0 Å². The quantitative estimate of drug-likeness (QED) is 0.115. The van der Waals surface area contributed by atoms with Gasteiger partial charge in [0.25, 0.3) is 0 Å². The van der Waals surface area contributed by atoms with E-state index >= 15 is 0 Å². The summed E-state index contributed by atoms with van der Waals surface area (Å²) in [6, 6.07) is 15.1. The lowest BCUT2D eigenvalue weighted by atomic mass is 9.90. The van der Waals surface area contributed by atoms with Crippen molar-refractivity contribution >= 4 is 23.1 Å². The molecule has 36 heavy (non-hydrogen) atoms. The van der Waals surface area contributed by atoms with Crippen molar-refractivity contribution in [3.63, 3.8) is 0 Å². The van der Waals surface area contributed by atoms with Crippen LogP contribution in [0.25, 0.3) is 37.7 Å². The lowest BCUT2D eigenvalue weighted by Gasteiger charge is -2.27. The molecule has 0 fully saturated rings. The molecule has 0 heterocycles. The van der Waals surface area contributed by atoms with Gasteiger partial charge in [-0.05, 0) is 24.3 Å². The molecule has 0 spiro atoms. The largest absolute Gasteiger partial charge is 0.507 e. The van der Waals surface area contributed by atoms with Crippen molar-refractivity contribution in [2.75, 3.05) is 0 Å². The van der Waals surface area contributed by atoms with E-state index in [0.717, 1.165) is 12.2 Å². The third-order valence-electron chi connectivity index (χ3n) is 4.56. The van der Waals surface area contributed by atoms with E-state index in [2.05, 4.69) is 0 Å². The highest BCUT2D eigenvalue weighted by Gasteiger charge is 2.41. The average Bonchev–Trinajstić information content (AvgIpc) is 2.87. The third-order valence-corrected chi connectivity index (χ3v) is 4.56. The van der Waals surface area contributed by atoms with Crippen LogP contribution >= 0.6 is 0 Å². The van der Waals surface area contributed by atoms with Crippen LogP contribution in [0.1, 0.15) is 26.3 Å². The predicted molar refractivity (Wildman–Crippen MR) is 128 cm³/mol. The molecule has 2 aliphatic rings. The van der Waals surface area contributed by atoms with Crippen LogP contribution in [-0.4, -0.2) is 49.7 Å². The van der Waals surface area contributed by atoms with Crippen molar-refractivity contribution in [3.8, 4) is 0 Å². The first-order valence-electron chi connectivity index (χ1n) is 9.73. The Kier molecular flexibility index (Phi) is 11.0. The molecule has 13 nitrogen and oxygen atoms in total. The third kappa shape index (κ3) is 7.50. The second-order valence-electron chi connectivity index (χ2n) is 6.80. The molecule has 0 amide bonds. The van der Waals surface area contributed by atoms with Gasteiger partial charge in [0.05, 0.1) is 5.57 Å². The van der Waals surface area contributed by atoms with Crippen LogP contribution in [-0.2, 0) is 4.79 Å². The maximum Gasteiger partial charge on any atom is 0.217 e. The maximum atomic E-state index is 11.7. The van der Waals surface area contributed by atoms with Gasteiger partial charge in [0.15, 0.2) is 17.7 Å². The predicted octanol–water partition coefficient (Wildman–Crippen LogP) is 3.49. The molecular weight excluding hydrogens is 472 g/mol. The van der Waals surface area contributed by atoms with E-state index in [9.17, 15) is 34.8 Å². The molecule has 1 unspecified atom stereocenters. The Labute approximate surface area is 203 Å². The smallest absolute Gasteiger partial charge is 0.217 e. The molecule has 2 aliphatic carbocycles. The fraction of sp³-hybridized carbons (Fsp3) is 0.0870. The Morgan fingerprint density at radius 2 is 1.17 bits per heavy atom. The minimum Gasteiger partial charge on any atom is -0.507 e. The van der Waals surface area contributed by atoms with Crippen molar-refractivity contribution in [2.45, 2.75) is 11.9 Å². The summed E-state index contributed by atoms with van der Waals surface area (Å²) in [5.41, 5.74) is 28.3. The Hall–Kier alpha value is -5.03. The number of nitrogens with zero attached hydrogens (tertiary/aromatic N) is 6. The molecule has 0 aliphatic heterocycles. The molecule has 13 heteroatoms. The molecule has 0 saturated carbocycles. The zero-order chi connectivity index (χ0) is 27.3. The highest BCUT2D eigenvalue weighted by atomic mass is 16.5. The molecule has 2 aromatic carbocycles. The van der Waals surface area contributed by atoms with Gasteiger partial charge in [-0.1, -0.05) is 54.6 Å². The number of benzene rings is 2. The molecular formula is C23H18N6O7-2. The number of hydrogen-bond donors (Lipinski definition) is 4. The zero-order valence-corrected chi connectivity index (χ0v) is 18.3. The van der Waals surface area contributed by atoms with Gasteiger partial charge in [-0.3, -0.25) is 24.2 Å². The fourth-order valence-corrected chi connectivity index (χ4v) is 2.91. The summed E-state index contributed by atoms with van der Waals surface area (Å²) < 4.78 is 0. The van der Waals surface area contributed by atoms with Gasteiger partial charge in [0.2, 0.25) is 11.6 Å². The topological polar surface area (TPSA) is 250 Å². The fourth-order valence-electron chi connectivity index (χ4n) is 2.91. The summed E-state index contributed by atoms with van der Waals surface area (Å²) >= 11 is 0. The van der Waals surface area contributed by atoms with Crippen LogP contribution in [0.15, 0.2) is 84.5 Å². The molecule has 0 saturated heterocycles. The first-order chi connectivity index (χ1) is 17.0. The number of carbonyl (C=O) groups is 3. The number of fused-ring (bicyclic) bond motifs is 1. The van der Waals surface area contributed by atoms with Crippen molar-refractivity contribution in [3.05, 3.63) is 133 Å². The first-order valence-corrected chi connectivity index (χ1v) is 9.73. The van der Waals surface area contributed by atoms with E-state index in [0.29, 0.717) is 16.7 Å². The summed E-state index contributed by atoms with van der Waals surface area (Å²) in [5, 5.41) is 37.9. The van der Waals surface area contributed by atoms with Crippen molar-refractivity contribution in [1.29, 1.82) is 0 Å². The number of aliphatic hydroxyl groups excluding tert-OH is 2. The zero-order valence-electron chi connectivity index (χ0n) is 18.3. The average molecular weight is 490 g/mol. The highest BCUT2D eigenvalue weighted by Crippen LogP contribution is 2.26. The van der Waals surface area contributed by atoms with Gasteiger partial charge in [0, 0.05) is 16.7 Å². The van der Waals surface area contributed by atoms with Gasteiger partial charge >= 0.3 is 0 Å². The van der Waals surface area contributed by atoms with Crippen LogP contribution in [0.5, 0.6) is 0 Å². The number of rotatable bonds is 1. The second kappa shape index (κ2) is 13.6. The maximum absolute atomic E-state index is 11.7. The molecule has 0 radical (unpaired) electrons. The van der Waals surface area contributed by atoms with Crippen LogP contribution in [0.2, 0.25) is 0 Å². The summed E-state index contributed by atoms with van der Waals surface area (Å²) in [5.74, 6) is -4.04. The van der Waals surface area contributed by atoms with Gasteiger partial charge in [-0.2, -0.15) is 0 Å². The van der Waals surface area contributed by atoms with Crippen molar-refractivity contribution < 1.29 is 34.8 Å². The molecule has 2 aromatic rings. The summed E-state index contributed by atoms with van der Waals surface area (Å²) in [7, 11) is 0. The van der Waals surface area contributed by atoms with Crippen molar-refractivity contribution in [2.24, 2.45) is 0 Å². The number of hydrogen-bond acceptors (Lipinski definition) is 7. The first kappa shape index (κ1) is 29.0. The highest BCUT2D eigenvalue weighted by molar-refractivity contribution is 6.21. The molecule has 184 valence electrons. The van der Waals surface area contributed by atoms with E-state index in [4.69, 9.17) is 22.1 Å². The van der Waals surface area contributed by atoms with E-state index in [1.54, 1.807) is 54.6 Å². The summed E-state index contributed by atoms with van der Waals surface area (Å²) in [6.07, 6.45) is 2.55. The number of aliphatic hydroxyl groups is 4. The van der Waals surface area contributed by atoms with E-state index in [1.807, 2.05) is 0 Å². The summed E-state index contributed by atoms with van der Waals surface area (Å²) in [4.78, 5) is 37.1. The number of Topliss-reactive ketones (excluding diaryl/α,β-unsaturated/α-hetero) is 1. The second-order valence-corrected chi connectivity index (χ2v) is 6.80. The Bertz CT molecular complexity index is 1240. The minimum atomic E-state index is -2.60. The van der Waals surface area contributed by atoms with Crippen molar-refractivity contribution in [1.82, 2.24) is 0 Å². The van der Waals surface area contributed by atoms with E-state index in [1.165, 1.54) is 22.0 Å².